The Hall–Kier alpha value is -3.26. The summed E-state index contributed by atoms with van der Waals surface area (Å²) in [6.45, 7) is 3.05. The summed E-state index contributed by atoms with van der Waals surface area (Å²) in [5.41, 5.74) is 2.22. The Morgan fingerprint density at radius 2 is 1.53 bits per heavy atom. The minimum absolute atomic E-state index is 0.162. The maximum absolute atomic E-state index is 12.5. The fourth-order valence-electron chi connectivity index (χ4n) is 3.75. The molecule has 2 amide bonds. The van der Waals surface area contributed by atoms with Crippen LogP contribution in [-0.4, -0.2) is 57.7 Å². The first kappa shape index (κ1) is 23.4. The molecule has 0 atom stereocenters. The van der Waals surface area contributed by atoms with Crippen LogP contribution in [0.2, 0.25) is 0 Å². The minimum atomic E-state index is -0.420. The zero-order valence-corrected chi connectivity index (χ0v) is 18.9. The average Bonchev–Trinajstić information content (AvgIpc) is 2.83. The molecule has 1 aliphatic rings. The molecule has 0 bridgehead atoms. The van der Waals surface area contributed by atoms with E-state index >= 15 is 0 Å². The number of carbonyl (C=O) groups is 2. The number of likely N-dealkylation sites (tertiary alicyclic amines) is 1. The van der Waals surface area contributed by atoms with Gasteiger partial charge in [-0.3, -0.25) is 14.5 Å². The lowest BCUT2D eigenvalue weighted by atomic mass is 10.1. The first-order valence-electron chi connectivity index (χ1n) is 10.7. The van der Waals surface area contributed by atoms with E-state index in [1.165, 1.54) is 58.3 Å². The van der Waals surface area contributed by atoms with Crippen LogP contribution in [0.5, 0.6) is 17.2 Å². The zero-order valence-electron chi connectivity index (χ0n) is 18.9. The van der Waals surface area contributed by atoms with Crippen molar-refractivity contribution in [2.45, 2.75) is 25.8 Å². The largest absolute Gasteiger partial charge is 0.493 e. The lowest BCUT2D eigenvalue weighted by Crippen LogP contribution is -2.32. The van der Waals surface area contributed by atoms with E-state index in [0.717, 1.165) is 19.6 Å². The van der Waals surface area contributed by atoms with Gasteiger partial charge in [0.25, 0.3) is 5.91 Å². The van der Waals surface area contributed by atoms with E-state index in [1.807, 2.05) is 24.3 Å². The van der Waals surface area contributed by atoms with Gasteiger partial charge in [-0.15, -0.1) is 0 Å². The van der Waals surface area contributed by atoms with E-state index < -0.39 is 5.91 Å². The van der Waals surface area contributed by atoms with Gasteiger partial charge < -0.3 is 24.8 Å². The predicted octanol–water partition coefficient (Wildman–Crippen LogP) is 3.07. The second kappa shape index (κ2) is 11.4. The Kier molecular flexibility index (Phi) is 8.33. The fourth-order valence-corrected chi connectivity index (χ4v) is 3.75. The number of amides is 2. The molecule has 1 heterocycles. The van der Waals surface area contributed by atoms with Crippen LogP contribution in [0.3, 0.4) is 0 Å². The third kappa shape index (κ3) is 6.13. The molecule has 1 aliphatic heterocycles. The number of benzene rings is 2. The normalized spacial score (nSPS) is 13.8. The number of piperidine rings is 1. The van der Waals surface area contributed by atoms with Gasteiger partial charge in [0.2, 0.25) is 11.7 Å². The van der Waals surface area contributed by atoms with Gasteiger partial charge in [-0.05, 0) is 55.8 Å². The third-order valence-corrected chi connectivity index (χ3v) is 5.43. The number of anilines is 1. The van der Waals surface area contributed by atoms with Crippen LogP contribution in [0, 0.1) is 0 Å². The standard InChI is InChI=1S/C24H31N3O5/c1-30-20-13-18(14-21(31-2)23(20)32-3)24(29)25-15-22(28)26-19-9-7-17(8-10-19)16-27-11-5-4-6-12-27/h7-10,13-14H,4-6,11-12,15-16H2,1-3H3,(H,25,29)(H,26,28). The number of rotatable bonds is 9. The van der Waals surface area contributed by atoms with Crippen molar-refractivity contribution in [3.8, 4) is 17.2 Å². The van der Waals surface area contributed by atoms with Crippen LogP contribution in [0.15, 0.2) is 36.4 Å². The smallest absolute Gasteiger partial charge is 0.251 e. The van der Waals surface area contributed by atoms with Gasteiger partial charge in [-0.1, -0.05) is 18.6 Å². The van der Waals surface area contributed by atoms with E-state index in [4.69, 9.17) is 14.2 Å². The van der Waals surface area contributed by atoms with Crippen molar-refractivity contribution < 1.29 is 23.8 Å². The molecule has 0 radical (unpaired) electrons. The predicted molar refractivity (Wildman–Crippen MR) is 123 cm³/mol. The summed E-state index contributed by atoms with van der Waals surface area (Å²) in [6.07, 6.45) is 3.84. The molecular weight excluding hydrogens is 410 g/mol. The number of hydrogen-bond acceptors (Lipinski definition) is 6. The van der Waals surface area contributed by atoms with Crippen LogP contribution < -0.4 is 24.8 Å². The molecule has 2 aromatic carbocycles. The van der Waals surface area contributed by atoms with Crippen LogP contribution >= 0.6 is 0 Å². The van der Waals surface area contributed by atoms with Gasteiger partial charge in [-0.2, -0.15) is 0 Å². The molecule has 1 saturated heterocycles. The molecule has 0 aromatic heterocycles. The van der Waals surface area contributed by atoms with E-state index in [1.54, 1.807) is 0 Å². The Morgan fingerprint density at radius 1 is 0.906 bits per heavy atom. The van der Waals surface area contributed by atoms with E-state index in [-0.39, 0.29) is 12.5 Å². The number of nitrogens with one attached hydrogen (secondary N) is 2. The molecule has 32 heavy (non-hydrogen) atoms. The molecule has 8 heteroatoms. The molecule has 3 rings (SSSR count). The first-order valence-corrected chi connectivity index (χ1v) is 10.7. The van der Waals surface area contributed by atoms with Crippen LogP contribution in [-0.2, 0) is 11.3 Å². The zero-order chi connectivity index (χ0) is 22.9. The summed E-state index contributed by atoms with van der Waals surface area (Å²) < 4.78 is 15.8. The number of carbonyl (C=O) groups excluding carboxylic acids is 2. The molecule has 0 spiro atoms. The molecule has 2 N–H and O–H groups in total. The molecular formula is C24H31N3O5. The second-order valence-corrected chi connectivity index (χ2v) is 7.68. The van der Waals surface area contributed by atoms with Gasteiger partial charge in [0.15, 0.2) is 11.5 Å². The quantitative estimate of drug-likeness (QED) is 0.622. The van der Waals surface area contributed by atoms with Gasteiger partial charge in [0, 0.05) is 17.8 Å². The second-order valence-electron chi connectivity index (χ2n) is 7.68. The summed E-state index contributed by atoms with van der Waals surface area (Å²) in [5, 5.41) is 5.42. The Labute approximate surface area is 188 Å². The molecule has 0 saturated carbocycles. The topological polar surface area (TPSA) is 89.1 Å². The van der Waals surface area contributed by atoms with Crippen LogP contribution in [0.1, 0.15) is 35.2 Å². The summed E-state index contributed by atoms with van der Waals surface area (Å²) in [4.78, 5) is 27.3. The van der Waals surface area contributed by atoms with Crippen LogP contribution in [0.4, 0.5) is 5.69 Å². The van der Waals surface area contributed by atoms with Gasteiger partial charge in [0.05, 0.1) is 27.9 Å². The molecule has 0 aliphatic carbocycles. The number of ether oxygens (including phenoxy) is 3. The third-order valence-electron chi connectivity index (χ3n) is 5.43. The van der Waals surface area contributed by atoms with Crippen molar-refractivity contribution >= 4 is 17.5 Å². The van der Waals surface area contributed by atoms with Crippen molar-refractivity contribution in [2.75, 3.05) is 46.3 Å². The van der Waals surface area contributed by atoms with Crippen LogP contribution in [0.25, 0.3) is 0 Å². The van der Waals surface area contributed by atoms with E-state index in [9.17, 15) is 9.59 Å². The summed E-state index contributed by atoms with van der Waals surface area (Å²) in [5.74, 6) is 0.399. The van der Waals surface area contributed by atoms with Gasteiger partial charge in [-0.25, -0.2) is 0 Å². The summed E-state index contributed by atoms with van der Waals surface area (Å²) in [6, 6.07) is 10.9. The molecule has 2 aromatic rings. The van der Waals surface area contributed by atoms with Gasteiger partial charge >= 0.3 is 0 Å². The van der Waals surface area contributed by atoms with E-state index in [0.29, 0.717) is 28.5 Å². The van der Waals surface area contributed by atoms with Gasteiger partial charge in [0.1, 0.15) is 0 Å². The van der Waals surface area contributed by atoms with E-state index in [2.05, 4.69) is 15.5 Å². The summed E-state index contributed by atoms with van der Waals surface area (Å²) in [7, 11) is 4.44. The SMILES string of the molecule is COc1cc(C(=O)NCC(=O)Nc2ccc(CN3CCCCC3)cc2)cc(OC)c1OC. The Balaban J connectivity index is 1.52. The molecule has 172 valence electrons. The lowest BCUT2D eigenvalue weighted by Gasteiger charge is -2.26. The highest BCUT2D eigenvalue weighted by Gasteiger charge is 2.17. The van der Waals surface area contributed by atoms with Crippen molar-refractivity contribution in [3.05, 3.63) is 47.5 Å². The lowest BCUT2D eigenvalue weighted by molar-refractivity contribution is -0.115. The monoisotopic (exact) mass is 441 g/mol. The number of hydrogen-bond donors (Lipinski definition) is 2. The minimum Gasteiger partial charge on any atom is -0.493 e. The average molecular weight is 442 g/mol. The molecule has 1 fully saturated rings. The van der Waals surface area contributed by atoms with Crippen molar-refractivity contribution in [2.24, 2.45) is 0 Å². The maximum atomic E-state index is 12.5. The van der Waals surface area contributed by atoms with Crippen molar-refractivity contribution in [3.63, 3.8) is 0 Å². The molecule has 0 unspecified atom stereocenters. The highest BCUT2D eigenvalue weighted by atomic mass is 16.5. The summed E-state index contributed by atoms with van der Waals surface area (Å²) >= 11 is 0. The fraction of sp³-hybridized carbons (Fsp3) is 0.417. The van der Waals surface area contributed by atoms with Crippen molar-refractivity contribution in [1.29, 1.82) is 0 Å². The highest BCUT2D eigenvalue weighted by Crippen LogP contribution is 2.38. The number of nitrogens with zero attached hydrogens (tertiary/aromatic N) is 1. The maximum Gasteiger partial charge on any atom is 0.251 e. The highest BCUT2D eigenvalue weighted by molar-refractivity contribution is 6.00. The van der Waals surface area contributed by atoms with Crippen molar-refractivity contribution in [1.82, 2.24) is 10.2 Å². The first-order chi connectivity index (χ1) is 15.5. The Bertz CT molecular complexity index is 899. The molecule has 8 nitrogen and oxygen atoms in total. The Morgan fingerprint density at radius 3 is 2.09 bits per heavy atom. The number of methoxy groups -OCH3 is 3.